The van der Waals surface area contributed by atoms with Crippen LogP contribution in [0.15, 0.2) is 34.9 Å². The number of alkyl halides is 3. The third-order valence-electron chi connectivity index (χ3n) is 2.32. The normalized spacial score (nSPS) is 12.5. The fraction of sp³-hybridized carbons (Fsp3) is 0.308. The summed E-state index contributed by atoms with van der Waals surface area (Å²) in [5, 5.41) is 1.62. The van der Waals surface area contributed by atoms with Gasteiger partial charge in [-0.25, -0.2) is 12.8 Å². The van der Waals surface area contributed by atoms with E-state index in [0.717, 1.165) is 16.7 Å². The minimum absolute atomic E-state index is 0.689. The van der Waals surface area contributed by atoms with Crippen molar-refractivity contribution < 1.29 is 35.0 Å². The lowest BCUT2D eigenvalue weighted by atomic mass is 10.2. The number of hydrogen-bond acceptors (Lipinski definition) is 4. The van der Waals surface area contributed by atoms with E-state index in [-0.39, 0.29) is 0 Å². The summed E-state index contributed by atoms with van der Waals surface area (Å²) in [6, 6.07) is 7.38. The predicted octanol–water partition coefficient (Wildman–Crippen LogP) is 4.63. The molecule has 0 spiro atoms. The molecule has 2 rings (SSSR count). The highest BCUT2D eigenvalue weighted by molar-refractivity contribution is 7.86. The third kappa shape index (κ3) is 6.27. The molecule has 134 valence electrons. The van der Waals surface area contributed by atoms with Gasteiger partial charge in [0.25, 0.3) is 0 Å². The van der Waals surface area contributed by atoms with Crippen molar-refractivity contribution in [2.45, 2.75) is 25.1 Å². The molecule has 0 atom stereocenters. The number of benzene rings is 1. The highest BCUT2D eigenvalue weighted by Crippen LogP contribution is 2.29. The van der Waals surface area contributed by atoms with Crippen molar-refractivity contribution >= 4 is 41.0 Å². The molecular weight excluding hydrogens is 389 g/mol. The van der Waals surface area contributed by atoms with Crippen molar-refractivity contribution in [3.05, 3.63) is 35.6 Å². The summed E-state index contributed by atoms with van der Waals surface area (Å²) in [5.41, 5.74) is -4.85. The Bertz CT molecular complexity index is 818. The Balaban J connectivity index is 0.000000307. The summed E-state index contributed by atoms with van der Waals surface area (Å²) in [6.07, 6.45) is 1.64. The second-order valence-electron chi connectivity index (χ2n) is 5.54. The van der Waals surface area contributed by atoms with Crippen LogP contribution in [-0.4, -0.2) is 26.8 Å². The summed E-state index contributed by atoms with van der Waals surface area (Å²) in [7, 11) is -7.71. The summed E-state index contributed by atoms with van der Waals surface area (Å²) >= 11 is 5.98. The first-order chi connectivity index (χ1) is 10.7. The van der Waals surface area contributed by atoms with E-state index in [4.69, 9.17) is 33.4 Å². The zero-order valence-corrected chi connectivity index (χ0v) is 15.4. The molecule has 0 amide bonds. The van der Waals surface area contributed by atoms with Crippen molar-refractivity contribution in [1.29, 1.82) is 0 Å². The molecule has 0 aliphatic carbocycles. The molecule has 11 heteroatoms. The van der Waals surface area contributed by atoms with Crippen LogP contribution in [0.3, 0.4) is 0 Å². The van der Waals surface area contributed by atoms with Gasteiger partial charge in [0, 0.05) is 11.1 Å². The van der Waals surface area contributed by atoms with Gasteiger partial charge in [0.1, 0.15) is 11.1 Å². The SMILES string of the molecule is C[Si](C)(C)Oc1cc[o+]c2ccc(Cl)cc12.O=S(=O)([O-])C(F)(F)F. The molecule has 0 aliphatic heterocycles. The highest BCUT2D eigenvalue weighted by atomic mass is 35.5. The lowest BCUT2D eigenvalue weighted by molar-refractivity contribution is -0.0517. The van der Waals surface area contributed by atoms with E-state index in [0.29, 0.717) is 5.02 Å². The van der Waals surface area contributed by atoms with E-state index < -0.39 is 23.9 Å². The number of hydrogen-bond donors (Lipinski definition) is 0. The van der Waals surface area contributed by atoms with E-state index in [1.54, 1.807) is 6.26 Å². The zero-order chi connectivity index (χ0) is 18.8. The second kappa shape index (κ2) is 7.26. The van der Waals surface area contributed by atoms with Crippen LogP contribution in [0.4, 0.5) is 13.2 Å². The van der Waals surface area contributed by atoms with Crippen LogP contribution >= 0.6 is 11.6 Å². The fourth-order valence-electron chi connectivity index (χ4n) is 1.48. The molecule has 5 nitrogen and oxygen atoms in total. The minimum Gasteiger partial charge on any atom is -0.741 e. The number of rotatable bonds is 2. The molecule has 24 heavy (non-hydrogen) atoms. The number of fused-ring (bicyclic) bond motifs is 1. The molecule has 1 aromatic heterocycles. The summed E-state index contributed by atoms with van der Waals surface area (Å²) in [5.74, 6) is 0.850. The van der Waals surface area contributed by atoms with Crippen molar-refractivity contribution in [2.75, 3.05) is 0 Å². The first-order valence-electron chi connectivity index (χ1n) is 6.42. The van der Waals surface area contributed by atoms with E-state index in [2.05, 4.69) is 19.6 Å². The second-order valence-corrected chi connectivity index (χ2v) is 11.8. The standard InChI is InChI=1S/C12H14ClO2Si.CHF3O3S/c1-16(2,3)15-12-6-7-14-11-5-4-9(13)8-10(11)12;2-1(3,4)8(5,6)7/h4-8H,1-3H3;(H,5,6,7)/q+1;/p-1. The third-order valence-corrected chi connectivity index (χ3v) is 3.96. The summed E-state index contributed by atoms with van der Waals surface area (Å²) < 4.78 is 70.3. The van der Waals surface area contributed by atoms with E-state index >= 15 is 0 Å². The van der Waals surface area contributed by atoms with Gasteiger partial charge in [0.05, 0.1) is 6.07 Å². The molecule has 0 radical (unpaired) electrons. The zero-order valence-electron chi connectivity index (χ0n) is 12.8. The number of halogens is 4. The first kappa shape index (κ1) is 20.7. The van der Waals surface area contributed by atoms with Gasteiger partial charge in [-0.1, -0.05) is 11.6 Å². The average Bonchev–Trinajstić information content (AvgIpc) is 2.36. The van der Waals surface area contributed by atoms with Gasteiger partial charge in [-0.3, -0.25) is 0 Å². The maximum Gasteiger partial charge on any atom is 0.485 e. The molecule has 1 aromatic carbocycles. The highest BCUT2D eigenvalue weighted by Gasteiger charge is 2.36. The molecule has 0 fully saturated rings. The summed E-state index contributed by atoms with van der Waals surface area (Å²) in [4.78, 5) is 0. The van der Waals surface area contributed by atoms with Gasteiger partial charge in [-0.05, 0) is 31.8 Å². The largest absolute Gasteiger partial charge is 0.741 e. The molecule has 0 saturated carbocycles. The Morgan fingerprint density at radius 2 is 1.75 bits per heavy atom. The monoisotopic (exact) mass is 402 g/mol. The molecule has 1 heterocycles. The van der Waals surface area contributed by atoms with Gasteiger partial charge in [0.15, 0.2) is 10.1 Å². The van der Waals surface area contributed by atoms with Crippen LogP contribution in [0.2, 0.25) is 24.7 Å². The van der Waals surface area contributed by atoms with Crippen LogP contribution in [0.1, 0.15) is 0 Å². The Morgan fingerprint density at radius 3 is 2.21 bits per heavy atom. The van der Waals surface area contributed by atoms with E-state index in [1.807, 2.05) is 24.3 Å². The first-order valence-corrected chi connectivity index (χ1v) is 11.6. The predicted molar refractivity (Wildman–Crippen MR) is 85.4 cm³/mol. The molecular formula is C13H14ClF3O5SSi. The maximum absolute atomic E-state index is 10.7. The van der Waals surface area contributed by atoms with Gasteiger partial charge in [0.2, 0.25) is 8.32 Å². The van der Waals surface area contributed by atoms with Crippen molar-refractivity contribution in [1.82, 2.24) is 0 Å². The van der Waals surface area contributed by atoms with E-state index in [1.165, 1.54) is 0 Å². The Morgan fingerprint density at radius 1 is 1.21 bits per heavy atom. The lowest BCUT2D eigenvalue weighted by Crippen LogP contribution is -2.29. The van der Waals surface area contributed by atoms with Crippen molar-refractivity contribution in [3.8, 4) is 5.75 Å². The van der Waals surface area contributed by atoms with Crippen LogP contribution in [0, 0.1) is 0 Å². The minimum atomic E-state index is -6.09. The van der Waals surface area contributed by atoms with Crippen LogP contribution < -0.4 is 4.43 Å². The van der Waals surface area contributed by atoms with Gasteiger partial charge < -0.3 is 8.98 Å². The average molecular weight is 403 g/mol. The Hall–Kier alpha value is -1.36. The lowest BCUT2D eigenvalue weighted by Gasteiger charge is -2.18. The van der Waals surface area contributed by atoms with Crippen molar-refractivity contribution in [3.63, 3.8) is 0 Å². The van der Waals surface area contributed by atoms with Crippen molar-refractivity contribution in [2.24, 2.45) is 0 Å². The molecule has 0 aliphatic rings. The van der Waals surface area contributed by atoms with Gasteiger partial charge in [-0.15, -0.1) is 0 Å². The van der Waals surface area contributed by atoms with Crippen LogP contribution in [-0.2, 0) is 10.1 Å². The van der Waals surface area contributed by atoms with Crippen LogP contribution in [0.5, 0.6) is 5.75 Å². The molecule has 0 saturated heterocycles. The topological polar surface area (TPSA) is 77.7 Å². The molecule has 0 unspecified atom stereocenters. The molecule has 2 aromatic rings. The smallest absolute Gasteiger partial charge is 0.485 e. The fourth-order valence-corrected chi connectivity index (χ4v) is 2.49. The Kier molecular flexibility index (Phi) is 6.25. The molecule has 0 N–H and O–H groups in total. The van der Waals surface area contributed by atoms with E-state index in [9.17, 15) is 13.2 Å². The van der Waals surface area contributed by atoms with Gasteiger partial charge in [-0.2, -0.15) is 13.2 Å². The quantitative estimate of drug-likeness (QED) is 0.316. The summed E-state index contributed by atoms with van der Waals surface area (Å²) in [6.45, 7) is 6.44. The maximum atomic E-state index is 10.7. The van der Waals surface area contributed by atoms with Gasteiger partial charge >= 0.3 is 17.4 Å². The molecule has 0 bridgehead atoms. The Labute approximate surface area is 142 Å². The van der Waals surface area contributed by atoms with Crippen LogP contribution in [0.25, 0.3) is 11.0 Å².